The molecule has 24 heavy (non-hydrogen) atoms. The summed E-state index contributed by atoms with van der Waals surface area (Å²) in [6.07, 6.45) is 2.04. The van der Waals surface area contributed by atoms with Crippen LogP contribution in [0, 0.1) is 11.7 Å². The van der Waals surface area contributed by atoms with Crippen LogP contribution in [-0.2, 0) is 16.0 Å². The Labute approximate surface area is 144 Å². The molecule has 2 rings (SSSR count). The molecule has 1 aromatic carbocycles. The fourth-order valence-electron chi connectivity index (χ4n) is 2.21. The van der Waals surface area contributed by atoms with Gasteiger partial charge in [-0.05, 0) is 17.5 Å². The monoisotopic (exact) mass is 349 g/mol. The molecule has 0 aliphatic rings. The third kappa shape index (κ3) is 4.86. The quantitative estimate of drug-likeness (QED) is 0.842. The van der Waals surface area contributed by atoms with Gasteiger partial charge in [-0.25, -0.2) is 9.37 Å². The molecule has 1 aromatic heterocycles. The molecule has 0 radical (unpaired) electrons. The lowest BCUT2D eigenvalue weighted by Gasteiger charge is -2.20. The summed E-state index contributed by atoms with van der Waals surface area (Å²) >= 11 is 1.29. The molecule has 0 spiro atoms. The molecule has 5 nitrogen and oxygen atoms in total. The zero-order valence-electron chi connectivity index (χ0n) is 13.8. The Balaban J connectivity index is 2.04. The van der Waals surface area contributed by atoms with Crippen molar-refractivity contribution in [3.63, 3.8) is 0 Å². The van der Waals surface area contributed by atoms with Crippen molar-refractivity contribution in [3.05, 3.63) is 46.7 Å². The van der Waals surface area contributed by atoms with E-state index in [1.165, 1.54) is 24.3 Å². The Kier molecular flexibility index (Phi) is 6.03. The van der Waals surface area contributed by atoms with Crippen molar-refractivity contribution in [2.45, 2.75) is 33.2 Å². The van der Waals surface area contributed by atoms with Gasteiger partial charge in [-0.3, -0.25) is 9.59 Å². The van der Waals surface area contributed by atoms with E-state index in [1.807, 2.05) is 13.8 Å². The second kappa shape index (κ2) is 8.01. The summed E-state index contributed by atoms with van der Waals surface area (Å²) in [6, 6.07) is 5.94. The number of carbonyl (C=O) groups excluding carboxylic acids is 2. The zero-order valence-corrected chi connectivity index (χ0v) is 14.6. The van der Waals surface area contributed by atoms with Crippen LogP contribution in [0.5, 0.6) is 0 Å². The van der Waals surface area contributed by atoms with Crippen molar-refractivity contribution in [3.8, 4) is 0 Å². The summed E-state index contributed by atoms with van der Waals surface area (Å²) in [5.74, 6) is -0.885. The van der Waals surface area contributed by atoms with Crippen molar-refractivity contribution >= 4 is 28.3 Å². The number of nitrogens with one attached hydrogen (secondary N) is 2. The van der Waals surface area contributed by atoms with Crippen LogP contribution in [0.4, 0.5) is 9.52 Å². The number of aromatic nitrogens is 1. The summed E-state index contributed by atoms with van der Waals surface area (Å²) in [6.45, 7) is 5.08. The molecular weight excluding hydrogens is 329 g/mol. The minimum Gasteiger partial charge on any atom is -0.344 e. The number of carbonyl (C=O) groups is 2. The van der Waals surface area contributed by atoms with Gasteiger partial charge in [-0.2, -0.15) is 0 Å². The lowest BCUT2D eigenvalue weighted by molar-refractivity contribution is -0.126. The maximum atomic E-state index is 13.7. The standard InChI is InChI=1S/C17H20FN3O2S/c1-10(2)15(20-11(3)22)16(23)21-17-19-9-13(24-17)8-12-6-4-5-7-14(12)18/h4-7,9-10,15H,8H2,1-3H3,(H,20,22)(H,19,21,23)/t15-/m0/s1. The van der Waals surface area contributed by atoms with Crippen LogP contribution in [0.2, 0.25) is 0 Å². The number of nitrogens with zero attached hydrogens (tertiary/aromatic N) is 1. The first-order valence-electron chi connectivity index (χ1n) is 7.63. The fourth-order valence-corrected chi connectivity index (χ4v) is 3.05. The average molecular weight is 349 g/mol. The van der Waals surface area contributed by atoms with Gasteiger partial charge in [0.1, 0.15) is 11.9 Å². The molecule has 2 amide bonds. The first-order valence-corrected chi connectivity index (χ1v) is 8.44. The van der Waals surface area contributed by atoms with Crippen LogP contribution in [0.3, 0.4) is 0 Å². The van der Waals surface area contributed by atoms with Crippen LogP contribution in [0.1, 0.15) is 31.2 Å². The van der Waals surface area contributed by atoms with Crippen molar-refractivity contribution in [1.82, 2.24) is 10.3 Å². The zero-order chi connectivity index (χ0) is 17.7. The number of halogens is 1. The third-order valence-corrected chi connectivity index (χ3v) is 4.33. The predicted molar refractivity (Wildman–Crippen MR) is 92.4 cm³/mol. The molecule has 1 heterocycles. The topological polar surface area (TPSA) is 71.1 Å². The smallest absolute Gasteiger partial charge is 0.248 e. The predicted octanol–water partition coefficient (Wildman–Crippen LogP) is 2.97. The van der Waals surface area contributed by atoms with E-state index < -0.39 is 6.04 Å². The van der Waals surface area contributed by atoms with Gasteiger partial charge in [0.2, 0.25) is 11.8 Å². The highest BCUT2D eigenvalue weighted by molar-refractivity contribution is 7.15. The summed E-state index contributed by atoms with van der Waals surface area (Å²) < 4.78 is 13.7. The molecule has 1 atom stereocenters. The number of thiazole rings is 1. The first kappa shape index (κ1) is 18.1. The third-order valence-electron chi connectivity index (χ3n) is 3.41. The average Bonchev–Trinajstić information content (AvgIpc) is 2.93. The second-order valence-corrected chi connectivity index (χ2v) is 6.93. The SMILES string of the molecule is CC(=O)N[C@H](C(=O)Nc1ncc(Cc2ccccc2F)s1)C(C)C. The van der Waals surface area contributed by atoms with Crippen molar-refractivity contribution in [2.75, 3.05) is 5.32 Å². The molecule has 2 aromatic rings. The Morgan fingerprint density at radius 1 is 1.29 bits per heavy atom. The van der Waals surface area contributed by atoms with Crippen LogP contribution in [0.15, 0.2) is 30.5 Å². The highest BCUT2D eigenvalue weighted by Gasteiger charge is 2.23. The molecule has 0 saturated carbocycles. The number of hydrogen-bond acceptors (Lipinski definition) is 4. The Hall–Kier alpha value is -2.28. The van der Waals surface area contributed by atoms with Crippen LogP contribution in [-0.4, -0.2) is 22.8 Å². The van der Waals surface area contributed by atoms with E-state index in [1.54, 1.807) is 24.4 Å². The van der Waals surface area contributed by atoms with Crippen molar-refractivity contribution in [1.29, 1.82) is 0 Å². The van der Waals surface area contributed by atoms with E-state index in [4.69, 9.17) is 0 Å². The Bertz CT molecular complexity index is 730. The Morgan fingerprint density at radius 3 is 2.62 bits per heavy atom. The number of hydrogen-bond donors (Lipinski definition) is 2. The van der Waals surface area contributed by atoms with Gasteiger partial charge in [0.15, 0.2) is 5.13 Å². The molecular formula is C17H20FN3O2S. The molecule has 0 bridgehead atoms. The highest BCUT2D eigenvalue weighted by Crippen LogP contribution is 2.22. The maximum absolute atomic E-state index is 13.7. The van der Waals surface area contributed by atoms with E-state index in [9.17, 15) is 14.0 Å². The normalized spacial score (nSPS) is 12.0. The van der Waals surface area contributed by atoms with Crippen molar-refractivity contribution in [2.24, 2.45) is 5.92 Å². The fraction of sp³-hybridized carbons (Fsp3) is 0.353. The largest absolute Gasteiger partial charge is 0.344 e. The number of amides is 2. The van der Waals surface area contributed by atoms with E-state index in [2.05, 4.69) is 15.6 Å². The van der Waals surface area contributed by atoms with Gasteiger partial charge >= 0.3 is 0 Å². The van der Waals surface area contributed by atoms with Gasteiger partial charge in [0.05, 0.1) is 0 Å². The molecule has 128 valence electrons. The van der Waals surface area contributed by atoms with E-state index in [0.717, 1.165) is 4.88 Å². The summed E-state index contributed by atoms with van der Waals surface area (Å²) in [4.78, 5) is 28.5. The van der Waals surface area contributed by atoms with Crippen LogP contribution in [0.25, 0.3) is 0 Å². The summed E-state index contributed by atoms with van der Waals surface area (Å²) in [7, 11) is 0. The molecule has 0 aliphatic carbocycles. The lowest BCUT2D eigenvalue weighted by Crippen LogP contribution is -2.46. The van der Waals surface area contributed by atoms with Gasteiger partial charge in [-0.15, -0.1) is 11.3 Å². The van der Waals surface area contributed by atoms with Crippen LogP contribution >= 0.6 is 11.3 Å². The second-order valence-electron chi connectivity index (χ2n) is 5.81. The lowest BCUT2D eigenvalue weighted by atomic mass is 10.0. The molecule has 0 unspecified atom stereocenters. The summed E-state index contributed by atoms with van der Waals surface area (Å²) in [5.41, 5.74) is 0.581. The Morgan fingerprint density at radius 2 is 2.00 bits per heavy atom. The molecule has 7 heteroatoms. The maximum Gasteiger partial charge on any atom is 0.248 e. The minimum absolute atomic E-state index is 0.0493. The van der Waals surface area contributed by atoms with Gasteiger partial charge in [-0.1, -0.05) is 32.0 Å². The molecule has 0 aliphatic heterocycles. The molecule has 0 fully saturated rings. The summed E-state index contributed by atoms with van der Waals surface area (Å²) in [5, 5.41) is 5.77. The number of benzene rings is 1. The minimum atomic E-state index is -0.624. The van der Waals surface area contributed by atoms with E-state index in [-0.39, 0.29) is 23.5 Å². The van der Waals surface area contributed by atoms with Crippen LogP contribution < -0.4 is 10.6 Å². The molecule has 0 saturated heterocycles. The highest BCUT2D eigenvalue weighted by atomic mass is 32.1. The van der Waals surface area contributed by atoms with E-state index >= 15 is 0 Å². The number of anilines is 1. The number of rotatable bonds is 6. The first-order chi connectivity index (χ1) is 11.4. The van der Waals surface area contributed by atoms with Gasteiger partial charge < -0.3 is 10.6 Å². The van der Waals surface area contributed by atoms with Gasteiger partial charge in [0, 0.05) is 24.4 Å². The van der Waals surface area contributed by atoms with E-state index in [0.29, 0.717) is 17.1 Å². The van der Waals surface area contributed by atoms with Gasteiger partial charge in [0.25, 0.3) is 0 Å². The molecule has 2 N–H and O–H groups in total. The van der Waals surface area contributed by atoms with Crippen molar-refractivity contribution < 1.29 is 14.0 Å².